The zero-order valence-electron chi connectivity index (χ0n) is 22.8. The van der Waals surface area contributed by atoms with E-state index < -0.39 is 0 Å². The van der Waals surface area contributed by atoms with Crippen LogP contribution < -0.4 is 16.0 Å². The number of hydrogen-bond acceptors (Lipinski definition) is 8. The van der Waals surface area contributed by atoms with Crippen LogP contribution >= 0.6 is 22.9 Å². The van der Waals surface area contributed by atoms with Gasteiger partial charge in [0.25, 0.3) is 0 Å². The van der Waals surface area contributed by atoms with Crippen LogP contribution in [0.15, 0.2) is 91.5 Å². The molecule has 0 radical (unpaired) electrons. The van der Waals surface area contributed by atoms with Crippen LogP contribution in [0.2, 0.25) is 5.02 Å². The Labute approximate surface area is 253 Å². The third kappa shape index (κ3) is 5.54. The number of nitrogens with one attached hydrogen (secondary N) is 1. The lowest BCUT2D eigenvalue weighted by Crippen LogP contribution is -2.38. The maximum absolute atomic E-state index is 13.9. The number of halogens is 1. The van der Waals surface area contributed by atoms with E-state index in [1.807, 2.05) is 71.3 Å². The largest absolute Gasteiger partial charge is 0.397 e. The van der Waals surface area contributed by atoms with Gasteiger partial charge in [-0.1, -0.05) is 72.3 Å². The molecule has 6 rings (SSSR count). The van der Waals surface area contributed by atoms with Crippen molar-refractivity contribution in [3.05, 3.63) is 107 Å². The minimum absolute atomic E-state index is 0.161. The molecule has 0 aliphatic carbocycles. The molecule has 3 aromatic carbocycles. The number of carbonyl (C=O) groups is 1. The summed E-state index contributed by atoms with van der Waals surface area (Å²) >= 11 is 7.42. The average Bonchev–Trinajstić information content (AvgIpc) is 3.58. The molecule has 1 fully saturated rings. The van der Waals surface area contributed by atoms with Gasteiger partial charge < -0.3 is 20.7 Å². The van der Waals surface area contributed by atoms with Crippen molar-refractivity contribution in [2.24, 2.45) is 0 Å². The number of rotatable bonds is 9. The second-order valence-electron chi connectivity index (χ2n) is 9.78. The Morgan fingerprint density at radius 3 is 2.38 bits per heavy atom. The molecule has 1 aliphatic rings. The van der Waals surface area contributed by atoms with Crippen molar-refractivity contribution in [3.8, 4) is 22.5 Å². The molecule has 3 N–H and O–H groups in total. The molecule has 0 unspecified atom stereocenters. The molecule has 2 aromatic heterocycles. The highest BCUT2D eigenvalue weighted by molar-refractivity contribution is 7.19. The lowest BCUT2D eigenvalue weighted by atomic mass is 10.0. The Balaban J connectivity index is 1.42. The Kier molecular flexibility index (Phi) is 8.05. The summed E-state index contributed by atoms with van der Waals surface area (Å²) in [6, 6.07) is 25.0. The highest BCUT2D eigenvalue weighted by atomic mass is 35.5. The first kappa shape index (κ1) is 27.7. The summed E-state index contributed by atoms with van der Waals surface area (Å²) in [4.78, 5) is 16.4. The number of ketones is 1. The summed E-state index contributed by atoms with van der Waals surface area (Å²) in [5.74, 6) is 1.10. The molecular formula is C32H29ClN6O2S. The quantitative estimate of drug-likeness (QED) is 0.141. The molecule has 0 amide bonds. The Hall–Kier alpha value is -4.44. The van der Waals surface area contributed by atoms with Gasteiger partial charge in [-0.15, -0.1) is 28.1 Å². The maximum Gasteiger partial charge on any atom is 0.227 e. The van der Waals surface area contributed by atoms with E-state index in [0.29, 0.717) is 76.3 Å². The normalized spacial score (nSPS) is 13.2. The number of morpholine rings is 1. The molecule has 10 heteroatoms. The van der Waals surface area contributed by atoms with Gasteiger partial charge in [-0.2, -0.15) is 0 Å². The van der Waals surface area contributed by atoms with Crippen LogP contribution in [0, 0.1) is 0 Å². The number of aromatic nitrogens is 3. The van der Waals surface area contributed by atoms with E-state index in [4.69, 9.17) is 22.1 Å². The van der Waals surface area contributed by atoms with E-state index in [9.17, 15) is 4.79 Å². The summed E-state index contributed by atoms with van der Waals surface area (Å²) in [5.41, 5.74) is 11.2. The highest BCUT2D eigenvalue weighted by Gasteiger charge is 2.29. The molecule has 0 spiro atoms. The van der Waals surface area contributed by atoms with Crippen LogP contribution in [-0.4, -0.2) is 46.9 Å². The van der Waals surface area contributed by atoms with Gasteiger partial charge in [-0.25, -0.2) is 0 Å². The van der Waals surface area contributed by atoms with Crippen LogP contribution in [0.1, 0.15) is 15.2 Å². The molecule has 1 saturated heterocycles. The number of allylic oxidation sites excluding steroid dienone is 1. The van der Waals surface area contributed by atoms with E-state index in [-0.39, 0.29) is 5.78 Å². The van der Waals surface area contributed by atoms with Crippen LogP contribution in [0.3, 0.4) is 0 Å². The predicted octanol–water partition coefficient (Wildman–Crippen LogP) is 6.91. The second-order valence-corrected chi connectivity index (χ2v) is 11.2. The lowest BCUT2D eigenvalue weighted by molar-refractivity contribution is 0.104. The summed E-state index contributed by atoms with van der Waals surface area (Å²) in [6.07, 6.45) is 1.80. The fourth-order valence-electron chi connectivity index (χ4n) is 4.94. The summed E-state index contributed by atoms with van der Waals surface area (Å²) < 4.78 is 7.51. The first-order valence-electron chi connectivity index (χ1n) is 13.6. The number of nitrogens with two attached hydrogens (primary N) is 1. The van der Waals surface area contributed by atoms with Crippen LogP contribution in [0.25, 0.3) is 22.5 Å². The van der Waals surface area contributed by atoms with Gasteiger partial charge in [0.2, 0.25) is 11.7 Å². The SMILES string of the molecule is C=CCn1c(-c2c(Nc3ccc(Cl)cc3)sc(C(=O)c3ccc(-c4ccccc4)cc3)c2N)nnc1N1CCOCC1. The lowest BCUT2D eigenvalue weighted by Gasteiger charge is -2.27. The van der Waals surface area contributed by atoms with Gasteiger partial charge in [-0.3, -0.25) is 9.36 Å². The van der Waals surface area contributed by atoms with Crippen molar-refractivity contribution in [2.45, 2.75) is 6.54 Å². The van der Waals surface area contributed by atoms with Crippen molar-refractivity contribution in [3.63, 3.8) is 0 Å². The maximum atomic E-state index is 13.9. The molecule has 42 heavy (non-hydrogen) atoms. The van der Waals surface area contributed by atoms with Crippen molar-refractivity contribution >= 4 is 51.0 Å². The zero-order chi connectivity index (χ0) is 29.1. The van der Waals surface area contributed by atoms with Crippen LogP contribution in [0.5, 0.6) is 0 Å². The minimum Gasteiger partial charge on any atom is -0.397 e. The Morgan fingerprint density at radius 1 is 1.00 bits per heavy atom. The number of ether oxygens (including phenoxy) is 1. The van der Waals surface area contributed by atoms with Gasteiger partial charge in [0.15, 0.2) is 5.82 Å². The first-order valence-corrected chi connectivity index (χ1v) is 14.7. The standard InChI is InChI=1S/C32H29ClN6O2S/c1-2-16-39-30(36-37-32(39)38-17-19-41-20-18-38)26-27(34)29(42-31(26)35-25-14-12-24(33)13-15-25)28(40)23-10-8-22(9-11-23)21-6-4-3-5-7-21/h2-15,35H,1,16-20,34H2. The molecule has 3 heterocycles. The molecule has 0 atom stereocenters. The van der Waals surface area contributed by atoms with Crippen molar-refractivity contribution in [1.82, 2.24) is 14.8 Å². The predicted molar refractivity (Wildman–Crippen MR) is 171 cm³/mol. The smallest absolute Gasteiger partial charge is 0.227 e. The molecule has 0 bridgehead atoms. The van der Waals surface area contributed by atoms with E-state index in [2.05, 4.69) is 27.0 Å². The zero-order valence-corrected chi connectivity index (χ0v) is 24.4. The summed E-state index contributed by atoms with van der Waals surface area (Å²) in [5, 5.41) is 13.9. The van der Waals surface area contributed by atoms with E-state index in [1.54, 1.807) is 18.2 Å². The van der Waals surface area contributed by atoms with Gasteiger partial charge in [-0.05, 0) is 35.4 Å². The van der Waals surface area contributed by atoms with Gasteiger partial charge in [0.05, 0.1) is 24.5 Å². The highest BCUT2D eigenvalue weighted by Crippen LogP contribution is 2.45. The van der Waals surface area contributed by atoms with Gasteiger partial charge in [0, 0.05) is 35.9 Å². The first-order chi connectivity index (χ1) is 20.5. The van der Waals surface area contributed by atoms with E-state index >= 15 is 0 Å². The van der Waals surface area contributed by atoms with E-state index in [1.165, 1.54) is 11.3 Å². The number of nitrogens with zero attached hydrogens (tertiary/aromatic N) is 4. The van der Waals surface area contributed by atoms with Crippen molar-refractivity contribution in [1.29, 1.82) is 0 Å². The average molecular weight is 597 g/mol. The number of anilines is 4. The number of carbonyl (C=O) groups excluding carboxylic acids is 1. The molecule has 8 nitrogen and oxygen atoms in total. The monoisotopic (exact) mass is 596 g/mol. The summed E-state index contributed by atoms with van der Waals surface area (Å²) in [7, 11) is 0. The number of benzene rings is 3. The third-order valence-electron chi connectivity index (χ3n) is 7.07. The van der Waals surface area contributed by atoms with Crippen LogP contribution in [-0.2, 0) is 11.3 Å². The van der Waals surface area contributed by atoms with Gasteiger partial charge >= 0.3 is 0 Å². The molecule has 212 valence electrons. The number of nitrogen functional groups attached to an aromatic ring is 1. The van der Waals surface area contributed by atoms with Crippen molar-refractivity contribution in [2.75, 3.05) is 42.3 Å². The molecule has 0 saturated carbocycles. The van der Waals surface area contributed by atoms with Crippen molar-refractivity contribution < 1.29 is 9.53 Å². The number of thiophene rings is 1. The van der Waals surface area contributed by atoms with E-state index in [0.717, 1.165) is 16.8 Å². The molecular weight excluding hydrogens is 568 g/mol. The van der Waals surface area contributed by atoms with Crippen LogP contribution in [0.4, 0.5) is 22.3 Å². The molecule has 5 aromatic rings. The number of hydrogen-bond donors (Lipinski definition) is 2. The fourth-order valence-corrected chi connectivity index (χ4v) is 6.16. The third-order valence-corrected chi connectivity index (χ3v) is 8.44. The fraction of sp³-hybridized carbons (Fsp3) is 0.156. The molecule has 1 aliphatic heterocycles. The minimum atomic E-state index is -0.161. The summed E-state index contributed by atoms with van der Waals surface area (Å²) in [6.45, 7) is 7.05. The second kappa shape index (κ2) is 12.2. The topological polar surface area (TPSA) is 98.3 Å². The van der Waals surface area contributed by atoms with Gasteiger partial charge in [0.1, 0.15) is 9.88 Å². The Morgan fingerprint density at radius 2 is 1.69 bits per heavy atom. The Bertz CT molecular complexity index is 1710.